The van der Waals surface area contributed by atoms with Gasteiger partial charge in [0, 0.05) is 0 Å². The van der Waals surface area contributed by atoms with Crippen LogP contribution in [0.2, 0.25) is 0 Å². The summed E-state index contributed by atoms with van der Waals surface area (Å²) in [7, 11) is 2.17. The third-order valence-electron chi connectivity index (χ3n) is 6.04. The lowest BCUT2D eigenvalue weighted by molar-refractivity contribution is -0.147. The fourth-order valence-corrected chi connectivity index (χ4v) is 4.88. The van der Waals surface area contributed by atoms with Crippen molar-refractivity contribution in [3.05, 3.63) is 78.4 Å². The molecular weight excluding hydrogens is 543 g/mol. The van der Waals surface area contributed by atoms with Crippen molar-refractivity contribution < 1.29 is 38.0 Å². The summed E-state index contributed by atoms with van der Waals surface area (Å²) in [5.74, 6) is 1.25. The van der Waals surface area contributed by atoms with E-state index in [1.165, 1.54) is 0 Å². The van der Waals surface area contributed by atoms with Crippen LogP contribution in [0.3, 0.4) is 0 Å². The summed E-state index contributed by atoms with van der Waals surface area (Å²) in [6.45, 7) is 7.99. The Morgan fingerprint density at radius 2 is 1.20 bits per heavy atom. The Morgan fingerprint density at radius 1 is 0.683 bits per heavy atom. The summed E-state index contributed by atoms with van der Waals surface area (Å²) < 4.78 is 32.6. The summed E-state index contributed by atoms with van der Waals surface area (Å²) in [6.07, 6.45) is 0.961. The molecule has 0 fully saturated rings. The minimum absolute atomic E-state index is 0.185. The second-order valence-corrected chi connectivity index (χ2v) is 11.8. The highest BCUT2D eigenvalue weighted by atomic mass is 31.1. The molecule has 0 aliphatic heterocycles. The minimum atomic E-state index is -0.447. The molecule has 0 N–H and O–H groups in total. The van der Waals surface area contributed by atoms with Gasteiger partial charge in [0.05, 0.1) is 44.3 Å². The number of methoxy groups -OCH3 is 1. The summed E-state index contributed by atoms with van der Waals surface area (Å²) in [6, 6.07) is 21.9. The molecule has 0 spiro atoms. The van der Waals surface area contributed by atoms with Crippen LogP contribution in [0.25, 0.3) is 11.1 Å². The molecule has 0 saturated carbocycles. The number of carbonyl (C=O) groups excluding carboxylic acids is 2. The predicted molar refractivity (Wildman–Crippen MR) is 161 cm³/mol. The van der Waals surface area contributed by atoms with E-state index in [9.17, 15) is 9.59 Å². The van der Waals surface area contributed by atoms with E-state index < -0.39 is 11.1 Å². The van der Waals surface area contributed by atoms with E-state index in [4.69, 9.17) is 28.4 Å². The Balaban J connectivity index is 1.28. The van der Waals surface area contributed by atoms with Crippen LogP contribution in [0.4, 0.5) is 0 Å². The summed E-state index contributed by atoms with van der Waals surface area (Å²) in [4.78, 5) is 24.6. The fourth-order valence-electron chi connectivity index (χ4n) is 3.78. The van der Waals surface area contributed by atoms with Gasteiger partial charge >= 0.3 is 11.9 Å². The van der Waals surface area contributed by atoms with Gasteiger partial charge in [0.2, 0.25) is 0 Å². The molecule has 8 nitrogen and oxygen atoms in total. The van der Waals surface area contributed by atoms with Crippen LogP contribution >= 0.6 is 8.58 Å². The summed E-state index contributed by atoms with van der Waals surface area (Å²) in [5, 5.41) is -0.437. The standard InChI is InChI=1S/C32H39O8P/c1-5-41-32(2,3)31(34)39-23-21-37-19-18-36-20-22-38-28-14-10-26(11-15-28)30(33)40-29-16-8-25(9-17-29)24-6-12-27(35-4)13-7-24/h6-17,41H,5,18-23H2,1-4H3. The number of ether oxygens (including phenoxy) is 6. The molecule has 3 aromatic rings. The number of benzene rings is 3. The Kier molecular flexibility index (Phi) is 13.1. The van der Waals surface area contributed by atoms with Crippen molar-refractivity contribution in [1.29, 1.82) is 0 Å². The third kappa shape index (κ3) is 10.8. The molecule has 0 aromatic heterocycles. The van der Waals surface area contributed by atoms with Gasteiger partial charge in [-0.15, -0.1) is 8.58 Å². The lowest BCUT2D eigenvalue weighted by Gasteiger charge is -2.21. The quantitative estimate of drug-likeness (QED) is 0.0827. The van der Waals surface area contributed by atoms with Crippen LogP contribution in [0, 0.1) is 0 Å². The first-order chi connectivity index (χ1) is 19.8. The second-order valence-electron chi connectivity index (χ2n) is 9.53. The highest BCUT2D eigenvalue weighted by Crippen LogP contribution is 2.31. The summed E-state index contributed by atoms with van der Waals surface area (Å²) in [5.41, 5.74) is 2.47. The van der Waals surface area contributed by atoms with E-state index >= 15 is 0 Å². The van der Waals surface area contributed by atoms with E-state index in [0.717, 1.165) is 23.0 Å². The van der Waals surface area contributed by atoms with Gasteiger partial charge in [-0.2, -0.15) is 0 Å². The second kappa shape index (κ2) is 16.7. The zero-order valence-electron chi connectivity index (χ0n) is 24.1. The lowest BCUT2D eigenvalue weighted by atomic mass is 10.1. The maximum atomic E-state index is 12.5. The van der Waals surface area contributed by atoms with Crippen LogP contribution in [0.15, 0.2) is 72.8 Å². The normalized spacial score (nSPS) is 11.4. The van der Waals surface area contributed by atoms with Gasteiger partial charge in [0.15, 0.2) is 0 Å². The molecule has 41 heavy (non-hydrogen) atoms. The van der Waals surface area contributed by atoms with Crippen molar-refractivity contribution in [2.75, 3.05) is 52.9 Å². The predicted octanol–water partition coefficient (Wildman–Crippen LogP) is 6.01. The molecule has 0 radical (unpaired) electrons. The van der Waals surface area contributed by atoms with Crippen LogP contribution in [0.5, 0.6) is 17.2 Å². The molecule has 3 aromatic carbocycles. The van der Waals surface area contributed by atoms with Gasteiger partial charge in [-0.05, 0) is 79.7 Å². The maximum absolute atomic E-state index is 12.5. The number of esters is 2. The highest BCUT2D eigenvalue weighted by Gasteiger charge is 2.28. The van der Waals surface area contributed by atoms with Gasteiger partial charge in [0.1, 0.15) is 30.5 Å². The lowest BCUT2D eigenvalue weighted by Crippen LogP contribution is -2.30. The molecule has 1 atom stereocenters. The SMILES string of the molecule is CCPC(C)(C)C(=O)OCCOCCOCCOc1ccc(C(=O)Oc2ccc(-c3ccc(OC)cc3)cc2)cc1. The molecule has 0 heterocycles. The molecule has 0 saturated heterocycles. The zero-order chi connectivity index (χ0) is 29.5. The van der Waals surface area contributed by atoms with Crippen molar-refractivity contribution in [3.8, 4) is 28.4 Å². The fraction of sp³-hybridized carbons (Fsp3) is 0.375. The molecule has 3 rings (SSSR count). The Bertz CT molecular complexity index is 1210. The third-order valence-corrected chi connectivity index (χ3v) is 7.48. The molecule has 0 aliphatic carbocycles. The smallest absolute Gasteiger partial charge is 0.343 e. The van der Waals surface area contributed by atoms with Crippen molar-refractivity contribution in [1.82, 2.24) is 0 Å². The van der Waals surface area contributed by atoms with Gasteiger partial charge < -0.3 is 28.4 Å². The van der Waals surface area contributed by atoms with Crippen LogP contribution in [-0.2, 0) is 19.0 Å². The molecule has 220 valence electrons. The van der Waals surface area contributed by atoms with E-state index in [1.54, 1.807) is 43.5 Å². The van der Waals surface area contributed by atoms with E-state index in [1.807, 2.05) is 50.2 Å². The first kappa shape index (κ1) is 32.1. The van der Waals surface area contributed by atoms with E-state index in [2.05, 4.69) is 6.92 Å². The first-order valence-electron chi connectivity index (χ1n) is 13.6. The molecule has 0 bridgehead atoms. The van der Waals surface area contributed by atoms with E-state index in [-0.39, 0.29) is 12.6 Å². The van der Waals surface area contributed by atoms with Crippen molar-refractivity contribution in [2.24, 2.45) is 0 Å². The highest BCUT2D eigenvalue weighted by molar-refractivity contribution is 7.41. The van der Waals surface area contributed by atoms with Gasteiger partial charge in [-0.1, -0.05) is 31.2 Å². The van der Waals surface area contributed by atoms with Gasteiger partial charge in [-0.25, -0.2) is 4.79 Å². The first-order valence-corrected chi connectivity index (χ1v) is 14.8. The molecule has 1 unspecified atom stereocenters. The van der Waals surface area contributed by atoms with Gasteiger partial charge in [0.25, 0.3) is 0 Å². The number of carbonyl (C=O) groups is 2. The van der Waals surface area contributed by atoms with Crippen molar-refractivity contribution in [2.45, 2.75) is 25.9 Å². The molecule has 9 heteroatoms. The van der Waals surface area contributed by atoms with Crippen molar-refractivity contribution in [3.63, 3.8) is 0 Å². The molecular formula is C32H39O8P. The van der Waals surface area contributed by atoms with E-state index in [0.29, 0.717) is 58.7 Å². The largest absolute Gasteiger partial charge is 0.497 e. The molecule has 0 amide bonds. The Morgan fingerprint density at radius 3 is 1.76 bits per heavy atom. The van der Waals surface area contributed by atoms with Crippen molar-refractivity contribution >= 4 is 20.5 Å². The number of hydrogen-bond acceptors (Lipinski definition) is 8. The average Bonchev–Trinajstić information content (AvgIpc) is 2.98. The Labute approximate surface area is 244 Å². The van der Waals surface area contributed by atoms with Crippen LogP contribution < -0.4 is 14.2 Å². The summed E-state index contributed by atoms with van der Waals surface area (Å²) >= 11 is 0. The number of hydrogen-bond donors (Lipinski definition) is 0. The Hall–Kier alpha value is -3.45. The monoisotopic (exact) mass is 582 g/mol. The van der Waals surface area contributed by atoms with Gasteiger partial charge in [-0.3, -0.25) is 4.79 Å². The average molecular weight is 583 g/mol. The maximum Gasteiger partial charge on any atom is 0.343 e. The van der Waals surface area contributed by atoms with Crippen LogP contribution in [-0.4, -0.2) is 70.0 Å². The van der Waals surface area contributed by atoms with Crippen LogP contribution in [0.1, 0.15) is 31.1 Å². The zero-order valence-corrected chi connectivity index (χ0v) is 25.1. The minimum Gasteiger partial charge on any atom is -0.497 e. The molecule has 0 aliphatic rings. The topological polar surface area (TPSA) is 89.5 Å². The number of rotatable bonds is 17.